The Hall–Kier alpha value is -1.98. The van der Waals surface area contributed by atoms with Gasteiger partial charge >= 0.3 is 0 Å². The molecule has 0 unspecified atom stereocenters. The normalized spacial score (nSPS) is 10.9. The number of benzene rings is 1. The first-order chi connectivity index (χ1) is 9.58. The van der Waals surface area contributed by atoms with Gasteiger partial charge in [0, 0.05) is 20.8 Å². The minimum Gasteiger partial charge on any atom is -0.258 e. The van der Waals surface area contributed by atoms with Crippen LogP contribution in [0.25, 0.3) is 22.0 Å². The molecule has 0 saturated carbocycles. The summed E-state index contributed by atoms with van der Waals surface area (Å²) in [6.45, 7) is 1.94. The molecule has 3 rings (SSSR count). The number of fused-ring (bicyclic) bond motifs is 1. The summed E-state index contributed by atoms with van der Waals surface area (Å²) in [5, 5.41) is 14.5. The van der Waals surface area contributed by atoms with Crippen LogP contribution in [0.5, 0.6) is 0 Å². The number of rotatable bonds is 2. The van der Waals surface area contributed by atoms with E-state index in [9.17, 15) is 10.1 Å². The fourth-order valence-electron chi connectivity index (χ4n) is 2.22. The second kappa shape index (κ2) is 4.85. The first-order valence-electron chi connectivity index (χ1n) is 5.85. The van der Waals surface area contributed by atoms with E-state index < -0.39 is 4.92 Å². The Balaban J connectivity index is 2.47. The van der Waals surface area contributed by atoms with Gasteiger partial charge in [0.2, 0.25) is 0 Å². The number of aryl methyl sites for hydroxylation is 1. The molecule has 2 aromatic heterocycles. The molecule has 0 amide bonds. The number of halogens is 1. The number of hydrogen-bond donors (Lipinski definition) is 0. The Kier molecular flexibility index (Phi) is 3.16. The fraction of sp³-hybridized carbons (Fsp3) is 0.0714. The third-order valence-electron chi connectivity index (χ3n) is 3.13. The predicted octanol–water partition coefficient (Wildman–Crippen LogP) is 4.83. The molecular formula is C14H9ClN2O2S. The van der Waals surface area contributed by atoms with Crippen LogP contribution in [0, 0.1) is 17.0 Å². The maximum Gasteiger partial charge on any atom is 0.296 e. The van der Waals surface area contributed by atoms with E-state index >= 15 is 0 Å². The molecule has 6 heteroatoms. The van der Waals surface area contributed by atoms with Crippen LogP contribution in [-0.2, 0) is 0 Å². The van der Waals surface area contributed by atoms with Gasteiger partial charge in [0.15, 0.2) is 0 Å². The molecule has 2 heterocycles. The van der Waals surface area contributed by atoms with Crippen LogP contribution in [0.15, 0.2) is 35.8 Å². The van der Waals surface area contributed by atoms with Gasteiger partial charge in [-0.15, -0.1) is 11.3 Å². The van der Waals surface area contributed by atoms with E-state index in [4.69, 9.17) is 11.6 Å². The summed E-state index contributed by atoms with van der Waals surface area (Å²) < 4.78 is 0. The molecular weight excluding hydrogens is 296 g/mol. The maximum atomic E-state index is 11.3. The van der Waals surface area contributed by atoms with E-state index in [1.54, 1.807) is 29.5 Å². The minimum absolute atomic E-state index is 0.00117. The summed E-state index contributed by atoms with van der Waals surface area (Å²) in [7, 11) is 0. The van der Waals surface area contributed by atoms with Crippen LogP contribution in [0.2, 0.25) is 5.02 Å². The zero-order valence-electron chi connectivity index (χ0n) is 10.5. The van der Waals surface area contributed by atoms with E-state index in [-0.39, 0.29) is 5.69 Å². The van der Waals surface area contributed by atoms with Crippen molar-refractivity contribution < 1.29 is 4.92 Å². The number of hydrogen-bond acceptors (Lipinski definition) is 4. The summed E-state index contributed by atoms with van der Waals surface area (Å²) in [6, 6.07) is 7.12. The standard InChI is InChI=1S/C14H9ClN2O2S/c1-8-10(4-5-20-8)14-11-6-9(15)2-3-12(11)16-7-13(14)17(18)19/h2-7H,1H3. The Morgan fingerprint density at radius 1 is 1.35 bits per heavy atom. The average Bonchev–Trinajstić information content (AvgIpc) is 2.83. The van der Waals surface area contributed by atoms with Gasteiger partial charge in [0.25, 0.3) is 5.69 Å². The van der Waals surface area contributed by atoms with Crippen molar-refractivity contribution in [2.24, 2.45) is 0 Å². The molecule has 100 valence electrons. The Morgan fingerprint density at radius 2 is 2.15 bits per heavy atom. The highest BCUT2D eigenvalue weighted by atomic mass is 35.5. The quantitative estimate of drug-likeness (QED) is 0.503. The molecule has 0 aliphatic carbocycles. The van der Waals surface area contributed by atoms with E-state index in [1.165, 1.54) is 6.20 Å². The molecule has 0 N–H and O–H groups in total. The summed E-state index contributed by atoms with van der Waals surface area (Å²) in [5.41, 5.74) is 2.14. The van der Waals surface area contributed by atoms with Crippen molar-refractivity contribution in [3.63, 3.8) is 0 Å². The van der Waals surface area contributed by atoms with Crippen molar-refractivity contribution in [3.8, 4) is 11.1 Å². The lowest BCUT2D eigenvalue weighted by molar-refractivity contribution is -0.384. The maximum absolute atomic E-state index is 11.3. The molecule has 0 atom stereocenters. The highest BCUT2D eigenvalue weighted by Crippen LogP contribution is 2.39. The van der Waals surface area contributed by atoms with Crippen molar-refractivity contribution in [1.82, 2.24) is 4.98 Å². The summed E-state index contributed by atoms with van der Waals surface area (Å²) in [5.74, 6) is 0. The minimum atomic E-state index is -0.403. The predicted molar refractivity (Wildman–Crippen MR) is 81.5 cm³/mol. The van der Waals surface area contributed by atoms with Gasteiger partial charge in [-0.05, 0) is 36.6 Å². The monoisotopic (exact) mass is 304 g/mol. The van der Waals surface area contributed by atoms with Crippen LogP contribution in [0.1, 0.15) is 4.88 Å². The highest BCUT2D eigenvalue weighted by Gasteiger charge is 2.21. The number of nitro groups is 1. The third kappa shape index (κ3) is 2.05. The van der Waals surface area contributed by atoms with Gasteiger partial charge < -0.3 is 0 Å². The molecule has 0 aliphatic rings. The van der Waals surface area contributed by atoms with Crippen LogP contribution < -0.4 is 0 Å². The van der Waals surface area contributed by atoms with E-state index in [2.05, 4.69) is 4.98 Å². The lowest BCUT2D eigenvalue weighted by Crippen LogP contribution is -1.95. The van der Waals surface area contributed by atoms with E-state index in [1.807, 2.05) is 18.4 Å². The molecule has 0 bridgehead atoms. The molecule has 1 aromatic carbocycles. The third-order valence-corrected chi connectivity index (χ3v) is 4.22. The number of pyridine rings is 1. The molecule has 0 radical (unpaired) electrons. The zero-order valence-corrected chi connectivity index (χ0v) is 12.0. The second-order valence-electron chi connectivity index (χ2n) is 4.33. The SMILES string of the molecule is Cc1sccc1-c1c([N+](=O)[O-])cnc2ccc(Cl)cc12. The summed E-state index contributed by atoms with van der Waals surface area (Å²) in [6.07, 6.45) is 1.31. The van der Waals surface area contributed by atoms with Gasteiger partial charge in [-0.3, -0.25) is 10.1 Å². The Morgan fingerprint density at radius 3 is 2.80 bits per heavy atom. The first kappa shape index (κ1) is 13.0. The zero-order chi connectivity index (χ0) is 14.3. The van der Waals surface area contributed by atoms with Gasteiger partial charge in [-0.2, -0.15) is 0 Å². The van der Waals surface area contributed by atoms with Crippen molar-refractivity contribution in [3.05, 3.63) is 55.9 Å². The molecule has 3 aromatic rings. The molecule has 4 nitrogen and oxygen atoms in total. The lowest BCUT2D eigenvalue weighted by Gasteiger charge is -2.07. The van der Waals surface area contributed by atoms with Crippen molar-refractivity contribution >= 4 is 39.5 Å². The van der Waals surface area contributed by atoms with Gasteiger partial charge in [0.1, 0.15) is 6.20 Å². The topological polar surface area (TPSA) is 56.0 Å². The smallest absolute Gasteiger partial charge is 0.258 e. The van der Waals surface area contributed by atoms with Gasteiger partial charge in [-0.1, -0.05) is 11.6 Å². The van der Waals surface area contributed by atoms with E-state index in [0.29, 0.717) is 21.5 Å². The number of nitrogens with zero attached hydrogens (tertiary/aromatic N) is 2. The van der Waals surface area contributed by atoms with Crippen molar-refractivity contribution in [1.29, 1.82) is 0 Å². The number of aromatic nitrogens is 1. The summed E-state index contributed by atoms with van der Waals surface area (Å²) in [4.78, 5) is 16.1. The Bertz CT molecular complexity index is 829. The molecule has 0 aliphatic heterocycles. The molecule has 20 heavy (non-hydrogen) atoms. The first-order valence-corrected chi connectivity index (χ1v) is 7.11. The lowest BCUT2D eigenvalue weighted by atomic mass is 10.0. The van der Waals surface area contributed by atoms with Crippen LogP contribution >= 0.6 is 22.9 Å². The fourth-order valence-corrected chi connectivity index (χ4v) is 3.10. The largest absolute Gasteiger partial charge is 0.296 e. The number of thiophene rings is 1. The average molecular weight is 305 g/mol. The van der Waals surface area contributed by atoms with Crippen LogP contribution in [0.4, 0.5) is 5.69 Å². The Labute approximate surface area is 123 Å². The van der Waals surface area contributed by atoms with Crippen LogP contribution in [0.3, 0.4) is 0 Å². The van der Waals surface area contributed by atoms with Crippen molar-refractivity contribution in [2.45, 2.75) is 6.92 Å². The second-order valence-corrected chi connectivity index (χ2v) is 5.88. The van der Waals surface area contributed by atoms with Crippen molar-refractivity contribution in [2.75, 3.05) is 0 Å². The summed E-state index contributed by atoms with van der Waals surface area (Å²) >= 11 is 7.59. The van der Waals surface area contributed by atoms with E-state index in [0.717, 1.165) is 10.4 Å². The van der Waals surface area contributed by atoms with Gasteiger partial charge in [0.05, 0.1) is 16.0 Å². The molecule has 0 fully saturated rings. The highest BCUT2D eigenvalue weighted by molar-refractivity contribution is 7.10. The molecule has 0 spiro atoms. The molecule has 0 saturated heterocycles. The van der Waals surface area contributed by atoms with Gasteiger partial charge in [-0.25, -0.2) is 4.98 Å². The van der Waals surface area contributed by atoms with Crippen LogP contribution in [-0.4, -0.2) is 9.91 Å².